The van der Waals surface area contributed by atoms with E-state index in [1.165, 1.54) is 32.1 Å². The van der Waals surface area contributed by atoms with Gasteiger partial charge in [-0.25, -0.2) is 0 Å². The predicted molar refractivity (Wildman–Crippen MR) is 82.8 cm³/mol. The van der Waals surface area contributed by atoms with Gasteiger partial charge in [0.05, 0.1) is 6.61 Å². The highest BCUT2D eigenvalue weighted by molar-refractivity contribution is 5.80. The van der Waals surface area contributed by atoms with Crippen molar-refractivity contribution in [3.05, 3.63) is 0 Å². The van der Waals surface area contributed by atoms with Crippen molar-refractivity contribution < 1.29 is 9.53 Å². The van der Waals surface area contributed by atoms with E-state index in [1.807, 2.05) is 13.8 Å². The number of nitrogens with zero attached hydrogens (tertiary/aromatic N) is 1. The maximum absolute atomic E-state index is 12.2. The highest BCUT2D eigenvalue weighted by atomic mass is 16.5. The molecule has 1 N–H and O–H groups in total. The monoisotopic (exact) mass is 284 g/mol. The molecule has 0 aromatic rings. The molecule has 118 valence electrons. The van der Waals surface area contributed by atoms with E-state index < -0.39 is 5.54 Å². The molecular weight excluding hydrogens is 252 g/mol. The molecule has 1 unspecified atom stereocenters. The summed E-state index contributed by atoms with van der Waals surface area (Å²) in [7, 11) is 2.14. The number of esters is 1. The fraction of sp³-hybridized carbons (Fsp3) is 0.938. The Labute approximate surface area is 124 Å². The second kappa shape index (κ2) is 8.63. The van der Waals surface area contributed by atoms with E-state index in [9.17, 15) is 4.79 Å². The highest BCUT2D eigenvalue weighted by Gasteiger charge is 2.39. The summed E-state index contributed by atoms with van der Waals surface area (Å²) in [6.07, 6.45) is 6.93. The lowest BCUT2D eigenvalue weighted by Crippen LogP contribution is -2.53. The standard InChI is InChI=1S/C16H32N2O2/c1-5-7-8-12-18(4)13-11-16(3,15(19)20-6-2)17-14-9-10-14/h14,17H,5-13H2,1-4H3. The number of carbonyl (C=O) groups is 1. The molecule has 0 amide bonds. The van der Waals surface area contributed by atoms with Gasteiger partial charge in [-0.2, -0.15) is 0 Å². The third-order valence-corrected chi connectivity index (χ3v) is 3.96. The Morgan fingerprint density at radius 1 is 1.30 bits per heavy atom. The molecule has 0 saturated heterocycles. The lowest BCUT2D eigenvalue weighted by Gasteiger charge is -2.30. The first kappa shape index (κ1) is 17.4. The molecule has 0 heterocycles. The smallest absolute Gasteiger partial charge is 0.326 e. The Balaban J connectivity index is 2.40. The van der Waals surface area contributed by atoms with Crippen LogP contribution in [0.25, 0.3) is 0 Å². The van der Waals surface area contributed by atoms with Crippen molar-refractivity contribution in [2.24, 2.45) is 0 Å². The van der Waals surface area contributed by atoms with Crippen LogP contribution >= 0.6 is 0 Å². The van der Waals surface area contributed by atoms with Crippen molar-refractivity contribution >= 4 is 5.97 Å². The van der Waals surface area contributed by atoms with Crippen molar-refractivity contribution in [2.75, 3.05) is 26.7 Å². The number of nitrogens with one attached hydrogen (secondary N) is 1. The third kappa shape index (κ3) is 6.23. The van der Waals surface area contributed by atoms with Crippen LogP contribution in [0.15, 0.2) is 0 Å². The van der Waals surface area contributed by atoms with E-state index in [-0.39, 0.29) is 5.97 Å². The Hall–Kier alpha value is -0.610. The van der Waals surface area contributed by atoms with Crippen LogP contribution in [0.5, 0.6) is 0 Å². The van der Waals surface area contributed by atoms with Gasteiger partial charge in [0, 0.05) is 12.6 Å². The van der Waals surface area contributed by atoms with E-state index in [2.05, 4.69) is 24.2 Å². The summed E-state index contributed by atoms with van der Waals surface area (Å²) in [6.45, 7) is 8.56. The van der Waals surface area contributed by atoms with E-state index in [1.54, 1.807) is 0 Å². The molecule has 4 heteroatoms. The summed E-state index contributed by atoms with van der Waals surface area (Å²) >= 11 is 0. The quantitative estimate of drug-likeness (QED) is 0.468. The van der Waals surface area contributed by atoms with Gasteiger partial charge in [0.25, 0.3) is 0 Å². The number of hydrogen-bond donors (Lipinski definition) is 1. The first-order valence-electron chi connectivity index (χ1n) is 8.15. The Morgan fingerprint density at radius 3 is 2.55 bits per heavy atom. The molecule has 20 heavy (non-hydrogen) atoms. The molecule has 4 nitrogen and oxygen atoms in total. The van der Waals surface area contributed by atoms with E-state index in [0.29, 0.717) is 12.6 Å². The van der Waals surface area contributed by atoms with Crippen LogP contribution in [-0.2, 0) is 9.53 Å². The van der Waals surface area contributed by atoms with Gasteiger partial charge < -0.3 is 9.64 Å². The molecule has 1 saturated carbocycles. The Kier molecular flexibility index (Phi) is 7.52. The summed E-state index contributed by atoms with van der Waals surface area (Å²) in [5, 5.41) is 3.47. The zero-order valence-electron chi connectivity index (χ0n) is 13.7. The second-order valence-corrected chi connectivity index (χ2v) is 6.23. The van der Waals surface area contributed by atoms with Gasteiger partial charge in [-0.1, -0.05) is 19.8 Å². The summed E-state index contributed by atoms with van der Waals surface area (Å²) in [6, 6.07) is 0.509. The second-order valence-electron chi connectivity index (χ2n) is 6.23. The van der Waals surface area contributed by atoms with Crippen molar-refractivity contribution in [1.29, 1.82) is 0 Å². The molecule has 0 radical (unpaired) electrons. The van der Waals surface area contributed by atoms with Gasteiger partial charge in [0.1, 0.15) is 5.54 Å². The maximum Gasteiger partial charge on any atom is 0.326 e. The molecule has 0 bridgehead atoms. The van der Waals surface area contributed by atoms with Crippen LogP contribution in [-0.4, -0.2) is 49.2 Å². The van der Waals surface area contributed by atoms with Gasteiger partial charge in [-0.3, -0.25) is 10.1 Å². The van der Waals surface area contributed by atoms with Crippen molar-refractivity contribution in [2.45, 2.75) is 70.9 Å². The van der Waals surface area contributed by atoms with Crippen LogP contribution in [0.3, 0.4) is 0 Å². The van der Waals surface area contributed by atoms with Crippen LogP contribution in [0.1, 0.15) is 59.3 Å². The van der Waals surface area contributed by atoms with Crippen LogP contribution < -0.4 is 5.32 Å². The highest BCUT2D eigenvalue weighted by Crippen LogP contribution is 2.25. The van der Waals surface area contributed by atoms with Crippen molar-refractivity contribution in [1.82, 2.24) is 10.2 Å². The van der Waals surface area contributed by atoms with E-state index >= 15 is 0 Å². The molecule has 0 aromatic heterocycles. The molecule has 1 rings (SSSR count). The van der Waals surface area contributed by atoms with Crippen LogP contribution in [0.4, 0.5) is 0 Å². The largest absolute Gasteiger partial charge is 0.465 e. The van der Waals surface area contributed by atoms with Gasteiger partial charge in [0.2, 0.25) is 0 Å². The summed E-state index contributed by atoms with van der Waals surface area (Å²) in [5.41, 5.74) is -0.532. The molecule has 0 aliphatic heterocycles. The SMILES string of the molecule is CCCCCN(C)CCC(C)(NC1CC1)C(=O)OCC. The minimum atomic E-state index is -0.532. The minimum Gasteiger partial charge on any atom is -0.465 e. The topological polar surface area (TPSA) is 41.6 Å². The summed E-state index contributed by atoms with van der Waals surface area (Å²) < 4.78 is 5.25. The summed E-state index contributed by atoms with van der Waals surface area (Å²) in [5.74, 6) is -0.103. The normalized spacial score (nSPS) is 18.1. The van der Waals surface area contributed by atoms with Crippen LogP contribution in [0, 0.1) is 0 Å². The van der Waals surface area contributed by atoms with Gasteiger partial charge >= 0.3 is 5.97 Å². The number of ether oxygens (including phenoxy) is 1. The van der Waals surface area contributed by atoms with Gasteiger partial charge in [-0.15, -0.1) is 0 Å². The van der Waals surface area contributed by atoms with Crippen LogP contribution in [0.2, 0.25) is 0 Å². The molecule has 1 aliphatic rings. The third-order valence-electron chi connectivity index (χ3n) is 3.96. The fourth-order valence-corrected chi connectivity index (χ4v) is 2.36. The summed E-state index contributed by atoms with van der Waals surface area (Å²) in [4.78, 5) is 14.5. The maximum atomic E-state index is 12.2. The molecule has 0 aromatic carbocycles. The lowest BCUT2D eigenvalue weighted by atomic mass is 9.97. The molecule has 1 fully saturated rings. The molecular formula is C16H32N2O2. The number of carbonyl (C=O) groups excluding carboxylic acids is 1. The zero-order valence-corrected chi connectivity index (χ0v) is 13.7. The van der Waals surface area contributed by atoms with E-state index in [0.717, 1.165) is 19.5 Å². The molecule has 1 aliphatic carbocycles. The zero-order chi connectivity index (χ0) is 15.0. The fourth-order valence-electron chi connectivity index (χ4n) is 2.36. The first-order chi connectivity index (χ1) is 9.51. The van der Waals surface area contributed by atoms with Gasteiger partial charge in [-0.05, 0) is 53.1 Å². The number of hydrogen-bond acceptors (Lipinski definition) is 4. The average Bonchev–Trinajstić information content (AvgIpc) is 3.21. The van der Waals surface area contributed by atoms with Crippen molar-refractivity contribution in [3.8, 4) is 0 Å². The molecule has 1 atom stereocenters. The Bertz CT molecular complexity index is 292. The minimum absolute atomic E-state index is 0.103. The molecule has 0 spiro atoms. The number of rotatable bonds is 11. The van der Waals surface area contributed by atoms with E-state index in [4.69, 9.17) is 4.74 Å². The first-order valence-corrected chi connectivity index (χ1v) is 8.15. The number of unbranched alkanes of at least 4 members (excludes halogenated alkanes) is 2. The lowest BCUT2D eigenvalue weighted by molar-refractivity contribution is -0.151. The van der Waals surface area contributed by atoms with Gasteiger partial charge in [0.15, 0.2) is 0 Å². The van der Waals surface area contributed by atoms with Crippen molar-refractivity contribution in [3.63, 3.8) is 0 Å². The Morgan fingerprint density at radius 2 is 2.00 bits per heavy atom. The average molecular weight is 284 g/mol. The predicted octanol–water partition coefficient (Wildman–Crippen LogP) is 2.57.